The van der Waals surface area contributed by atoms with Gasteiger partial charge in [-0.25, -0.2) is 0 Å². The van der Waals surface area contributed by atoms with Gasteiger partial charge in [0.15, 0.2) is 0 Å². The van der Waals surface area contributed by atoms with Gasteiger partial charge in [0.2, 0.25) is 0 Å². The smallest absolute Gasteiger partial charge is 0.257 e. The molecule has 0 atom stereocenters. The quantitative estimate of drug-likeness (QED) is 0.835. The standard InChI is InChI=1S/C13H16BrNO3/c1-13(18)4-6-15(7-5-13)12(17)10-3-2-9(14)8-11(10)16/h2-3,8,16,18H,4-7H2,1H3. The van der Waals surface area contributed by atoms with E-state index in [2.05, 4.69) is 15.9 Å². The number of nitrogens with zero attached hydrogens (tertiary/aromatic N) is 1. The van der Waals surface area contributed by atoms with E-state index in [1.165, 1.54) is 6.07 Å². The van der Waals surface area contributed by atoms with Crippen LogP contribution in [0.2, 0.25) is 0 Å². The average molecular weight is 314 g/mol. The number of carbonyl (C=O) groups is 1. The van der Waals surface area contributed by atoms with E-state index in [1.54, 1.807) is 24.0 Å². The lowest BCUT2D eigenvalue weighted by Crippen LogP contribution is -2.45. The van der Waals surface area contributed by atoms with Crippen molar-refractivity contribution >= 4 is 21.8 Å². The molecule has 18 heavy (non-hydrogen) atoms. The summed E-state index contributed by atoms with van der Waals surface area (Å²) >= 11 is 3.24. The molecule has 1 aromatic rings. The van der Waals surface area contributed by atoms with Crippen molar-refractivity contribution in [2.75, 3.05) is 13.1 Å². The van der Waals surface area contributed by atoms with Gasteiger partial charge in [0.1, 0.15) is 5.75 Å². The summed E-state index contributed by atoms with van der Waals surface area (Å²) in [6, 6.07) is 4.84. The average Bonchev–Trinajstić information content (AvgIpc) is 2.28. The van der Waals surface area contributed by atoms with Gasteiger partial charge in [-0.15, -0.1) is 0 Å². The zero-order valence-corrected chi connectivity index (χ0v) is 11.8. The maximum Gasteiger partial charge on any atom is 0.257 e. The number of benzene rings is 1. The fourth-order valence-corrected chi connectivity index (χ4v) is 2.40. The Morgan fingerprint density at radius 3 is 2.56 bits per heavy atom. The molecule has 1 aliphatic heterocycles. The number of amides is 1. The fraction of sp³-hybridized carbons (Fsp3) is 0.462. The summed E-state index contributed by atoms with van der Waals surface area (Å²) in [7, 11) is 0. The van der Waals surface area contributed by atoms with E-state index in [9.17, 15) is 15.0 Å². The first-order valence-electron chi connectivity index (χ1n) is 5.89. The molecule has 0 unspecified atom stereocenters. The lowest BCUT2D eigenvalue weighted by atomic mass is 9.93. The van der Waals surface area contributed by atoms with Gasteiger partial charge in [-0.05, 0) is 38.0 Å². The van der Waals surface area contributed by atoms with E-state index in [1.807, 2.05) is 0 Å². The maximum atomic E-state index is 12.2. The topological polar surface area (TPSA) is 60.8 Å². The molecule has 1 saturated heterocycles. The number of hydrogen-bond donors (Lipinski definition) is 2. The zero-order chi connectivity index (χ0) is 13.3. The Bertz CT molecular complexity index is 463. The van der Waals surface area contributed by atoms with Crippen LogP contribution in [-0.2, 0) is 0 Å². The number of aromatic hydroxyl groups is 1. The molecule has 2 rings (SSSR count). The molecule has 5 heteroatoms. The highest BCUT2D eigenvalue weighted by molar-refractivity contribution is 9.10. The molecule has 1 heterocycles. The molecule has 0 spiro atoms. The van der Waals surface area contributed by atoms with Crippen LogP contribution < -0.4 is 0 Å². The summed E-state index contributed by atoms with van der Waals surface area (Å²) in [4.78, 5) is 13.9. The second kappa shape index (κ2) is 4.90. The van der Waals surface area contributed by atoms with Gasteiger partial charge >= 0.3 is 0 Å². The second-order valence-electron chi connectivity index (χ2n) is 4.95. The third-order valence-electron chi connectivity index (χ3n) is 3.32. The van der Waals surface area contributed by atoms with Crippen molar-refractivity contribution in [2.24, 2.45) is 0 Å². The van der Waals surface area contributed by atoms with Crippen molar-refractivity contribution < 1.29 is 15.0 Å². The Hall–Kier alpha value is -1.07. The summed E-state index contributed by atoms with van der Waals surface area (Å²) in [5.41, 5.74) is -0.377. The van der Waals surface area contributed by atoms with Crippen LogP contribution in [0, 0.1) is 0 Å². The molecule has 1 aromatic carbocycles. The predicted octanol–water partition coefficient (Wildman–Crippen LogP) is 2.14. The summed E-state index contributed by atoms with van der Waals surface area (Å²) in [6.07, 6.45) is 1.13. The molecule has 2 N–H and O–H groups in total. The minimum absolute atomic E-state index is 0.0216. The highest BCUT2D eigenvalue weighted by Gasteiger charge is 2.30. The van der Waals surface area contributed by atoms with Crippen LogP contribution in [0.4, 0.5) is 0 Å². The van der Waals surface area contributed by atoms with Crippen LogP contribution in [0.15, 0.2) is 22.7 Å². The van der Waals surface area contributed by atoms with Gasteiger partial charge in [-0.1, -0.05) is 15.9 Å². The van der Waals surface area contributed by atoms with Crippen molar-refractivity contribution in [2.45, 2.75) is 25.4 Å². The summed E-state index contributed by atoms with van der Waals surface area (Å²) in [6.45, 7) is 2.81. The Morgan fingerprint density at radius 2 is 2.00 bits per heavy atom. The minimum atomic E-state index is -0.682. The normalized spacial score (nSPS) is 18.7. The van der Waals surface area contributed by atoms with E-state index in [0.717, 1.165) is 4.47 Å². The summed E-state index contributed by atoms with van der Waals surface area (Å²) in [5, 5.41) is 19.6. The Labute approximate surface area is 114 Å². The molecule has 0 radical (unpaired) electrons. The van der Waals surface area contributed by atoms with Gasteiger partial charge < -0.3 is 15.1 Å². The summed E-state index contributed by atoms with van der Waals surface area (Å²) < 4.78 is 0.734. The van der Waals surface area contributed by atoms with Crippen LogP contribution in [0.5, 0.6) is 5.75 Å². The summed E-state index contributed by atoms with van der Waals surface area (Å²) in [5.74, 6) is -0.206. The number of aliphatic hydroxyl groups is 1. The molecule has 98 valence electrons. The number of rotatable bonds is 1. The third-order valence-corrected chi connectivity index (χ3v) is 3.81. The molecule has 0 aliphatic carbocycles. The minimum Gasteiger partial charge on any atom is -0.507 e. The number of phenolic OH excluding ortho intramolecular Hbond substituents is 1. The highest BCUT2D eigenvalue weighted by Crippen LogP contribution is 2.26. The van der Waals surface area contributed by atoms with E-state index in [4.69, 9.17) is 0 Å². The van der Waals surface area contributed by atoms with Crippen molar-refractivity contribution in [1.82, 2.24) is 4.90 Å². The van der Waals surface area contributed by atoms with Crippen LogP contribution in [0.3, 0.4) is 0 Å². The van der Waals surface area contributed by atoms with E-state index in [-0.39, 0.29) is 11.7 Å². The Kier molecular flexibility index (Phi) is 3.64. The molecule has 0 saturated carbocycles. The number of hydrogen-bond acceptors (Lipinski definition) is 3. The molecule has 1 amide bonds. The number of phenols is 1. The Morgan fingerprint density at radius 1 is 1.39 bits per heavy atom. The van der Waals surface area contributed by atoms with Crippen molar-refractivity contribution in [3.8, 4) is 5.75 Å². The molecule has 1 fully saturated rings. The van der Waals surface area contributed by atoms with E-state index in [0.29, 0.717) is 31.5 Å². The number of carbonyl (C=O) groups excluding carboxylic acids is 1. The molecular formula is C13H16BrNO3. The first-order valence-corrected chi connectivity index (χ1v) is 6.68. The maximum absolute atomic E-state index is 12.2. The monoisotopic (exact) mass is 313 g/mol. The first kappa shape index (κ1) is 13.4. The highest BCUT2D eigenvalue weighted by atomic mass is 79.9. The van der Waals surface area contributed by atoms with Gasteiger partial charge in [0.05, 0.1) is 11.2 Å². The van der Waals surface area contributed by atoms with Crippen molar-refractivity contribution in [1.29, 1.82) is 0 Å². The van der Waals surface area contributed by atoms with Gasteiger partial charge in [0, 0.05) is 17.6 Å². The van der Waals surface area contributed by atoms with E-state index >= 15 is 0 Å². The first-order chi connectivity index (χ1) is 8.39. The SMILES string of the molecule is CC1(O)CCN(C(=O)c2ccc(Br)cc2O)CC1. The molecule has 0 bridgehead atoms. The fourth-order valence-electron chi connectivity index (χ4n) is 2.05. The molecular weight excluding hydrogens is 298 g/mol. The molecule has 0 aromatic heterocycles. The Balaban J connectivity index is 2.13. The van der Waals surface area contributed by atoms with Crippen LogP contribution in [-0.4, -0.2) is 39.7 Å². The molecule has 1 aliphatic rings. The lowest BCUT2D eigenvalue weighted by molar-refractivity contribution is -0.00207. The van der Waals surface area contributed by atoms with Crippen molar-refractivity contribution in [3.63, 3.8) is 0 Å². The number of halogens is 1. The predicted molar refractivity (Wildman–Crippen MR) is 71.6 cm³/mol. The largest absolute Gasteiger partial charge is 0.507 e. The second-order valence-corrected chi connectivity index (χ2v) is 5.87. The van der Waals surface area contributed by atoms with Gasteiger partial charge in [-0.2, -0.15) is 0 Å². The third kappa shape index (κ3) is 2.84. The number of piperidine rings is 1. The number of likely N-dealkylation sites (tertiary alicyclic amines) is 1. The van der Waals surface area contributed by atoms with Gasteiger partial charge in [-0.3, -0.25) is 4.79 Å². The zero-order valence-electron chi connectivity index (χ0n) is 10.2. The lowest BCUT2D eigenvalue weighted by Gasteiger charge is -2.35. The van der Waals surface area contributed by atoms with E-state index < -0.39 is 5.60 Å². The van der Waals surface area contributed by atoms with Crippen LogP contribution in [0.25, 0.3) is 0 Å². The van der Waals surface area contributed by atoms with Crippen molar-refractivity contribution in [3.05, 3.63) is 28.2 Å². The van der Waals surface area contributed by atoms with Crippen LogP contribution in [0.1, 0.15) is 30.1 Å². The van der Waals surface area contributed by atoms with Gasteiger partial charge in [0.25, 0.3) is 5.91 Å². The van der Waals surface area contributed by atoms with Crippen LogP contribution >= 0.6 is 15.9 Å². The molecule has 4 nitrogen and oxygen atoms in total.